The average Bonchev–Trinajstić information content (AvgIpc) is 2.40. The van der Waals surface area contributed by atoms with Crippen LogP contribution in [0.3, 0.4) is 0 Å². The lowest BCUT2D eigenvalue weighted by molar-refractivity contribution is -0.150. The molecule has 1 unspecified atom stereocenters. The average molecular weight is 294 g/mol. The van der Waals surface area contributed by atoms with E-state index in [1.165, 1.54) is 13.2 Å². The zero-order valence-corrected chi connectivity index (χ0v) is 12.1. The number of methoxy groups -OCH3 is 1. The van der Waals surface area contributed by atoms with E-state index >= 15 is 0 Å². The minimum Gasteiger partial charge on any atom is -0.468 e. The van der Waals surface area contributed by atoms with Crippen LogP contribution in [0.4, 0.5) is 5.69 Å². The smallest absolute Gasteiger partial charge is 0.316 e. The van der Waals surface area contributed by atoms with Gasteiger partial charge in [0.1, 0.15) is 5.92 Å². The molecule has 0 aromatic heterocycles. The second-order valence-electron chi connectivity index (χ2n) is 4.89. The number of anilines is 1. The minimum absolute atomic E-state index is 0.0882. The second-order valence-corrected chi connectivity index (χ2v) is 5.32. The Bertz CT molecular complexity index is 551. The first-order chi connectivity index (χ1) is 9.51. The zero-order chi connectivity index (χ0) is 14.7. The Kier molecular flexibility index (Phi) is 4.45. The third kappa shape index (κ3) is 3.20. The normalized spacial score (nSPS) is 22.1. The molecule has 2 atom stereocenters. The summed E-state index contributed by atoms with van der Waals surface area (Å²) in [5.41, 5.74) is 1.65. The summed E-state index contributed by atoms with van der Waals surface area (Å²) in [6.45, 7) is 1.87. The molecule has 0 bridgehead atoms. The fourth-order valence-corrected chi connectivity index (χ4v) is 2.47. The lowest BCUT2D eigenvalue weighted by Gasteiger charge is -2.26. The molecular weight excluding hydrogens is 278 g/mol. The van der Waals surface area contributed by atoms with Crippen molar-refractivity contribution in [3.05, 3.63) is 41.1 Å². The van der Waals surface area contributed by atoms with E-state index in [4.69, 9.17) is 11.6 Å². The maximum atomic E-state index is 12.0. The van der Waals surface area contributed by atoms with Crippen molar-refractivity contribution in [3.63, 3.8) is 0 Å². The molecule has 1 N–H and O–H groups in total. The van der Waals surface area contributed by atoms with Gasteiger partial charge < -0.3 is 10.1 Å². The van der Waals surface area contributed by atoms with Crippen molar-refractivity contribution in [2.45, 2.75) is 13.3 Å². The molecule has 0 aliphatic heterocycles. The monoisotopic (exact) mass is 293 g/mol. The van der Waals surface area contributed by atoms with Crippen LogP contribution in [0, 0.1) is 11.8 Å². The van der Waals surface area contributed by atoms with Crippen molar-refractivity contribution in [1.29, 1.82) is 0 Å². The van der Waals surface area contributed by atoms with Gasteiger partial charge in [-0.05, 0) is 36.6 Å². The molecule has 0 saturated carbocycles. The largest absolute Gasteiger partial charge is 0.468 e. The number of esters is 1. The first-order valence-corrected chi connectivity index (χ1v) is 6.74. The van der Waals surface area contributed by atoms with Crippen LogP contribution >= 0.6 is 11.6 Å². The Balaban J connectivity index is 2.13. The van der Waals surface area contributed by atoms with E-state index in [-0.39, 0.29) is 11.7 Å². The third-order valence-electron chi connectivity index (χ3n) is 3.34. The third-order valence-corrected chi connectivity index (χ3v) is 3.59. The molecule has 2 rings (SSSR count). The molecule has 106 valence electrons. The van der Waals surface area contributed by atoms with Gasteiger partial charge in [0.05, 0.1) is 7.11 Å². The molecule has 1 aromatic rings. The summed E-state index contributed by atoms with van der Waals surface area (Å²) < 4.78 is 4.67. The van der Waals surface area contributed by atoms with Crippen LogP contribution in [0.2, 0.25) is 5.02 Å². The van der Waals surface area contributed by atoms with Gasteiger partial charge in [-0.25, -0.2) is 0 Å². The van der Waals surface area contributed by atoms with E-state index in [0.717, 1.165) is 11.4 Å². The van der Waals surface area contributed by atoms with Gasteiger partial charge in [-0.2, -0.15) is 0 Å². The Morgan fingerprint density at radius 1 is 1.35 bits per heavy atom. The highest BCUT2D eigenvalue weighted by Gasteiger charge is 2.35. The van der Waals surface area contributed by atoms with Crippen molar-refractivity contribution < 1.29 is 14.3 Å². The molecule has 0 amide bonds. The number of hydrogen-bond donors (Lipinski definition) is 1. The molecule has 1 aliphatic carbocycles. The molecule has 1 aromatic carbocycles. The highest BCUT2D eigenvalue weighted by Crippen LogP contribution is 2.29. The molecule has 4 nitrogen and oxygen atoms in total. The van der Waals surface area contributed by atoms with E-state index in [1.54, 1.807) is 12.1 Å². The van der Waals surface area contributed by atoms with E-state index in [0.29, 0.717) is 11.4 Å². The summed E-state index contributed by atoms with van der Waals surface area (Å²) in [7, 11) is 1.30. The van der Waals surface area contributed by atoms with Crippen molar-refractivity contribution in [3.8, 4) is 0 Å². The summed E-state index contributed by atoms with van der Waals surface area (Å²) in [4.78, 5) is 23.6. The van der Waals surface area contributed by atoms with E-state index in [2.05, 4.69) is 10.1 Å². The summed E-state index contributed by atoms with van der Waals surface area (Å²) >= 11 is 5.82. The standard InChI is InChI=1S/C15H16ClNO3/c1-9-7-12(8-13(18)14(9)15(19)20-2)17-11-5-3-10(16)4-6-11/h3-6,8-9,14,17H,7H2,1-2H3/t9?,14-/m0/s1. The summed E-state index contributed by atoms with van der Waals surface area (Å²) in [5, 5.41) is 3.83. The Morgan fingerprint density at radius 2 is 2.00 bits per heavy atom. The van der Waals surface area contributed by atoms with Gasteiger partial charge in [0.2, 0.25) is 0 Å². The fourth-order valence-electron chi connectivity index (χ4n) is 2.35. The predicted octanol–water partition coefficient (Wildman–Crippen LogP) is 3.03. The molecule has 0 spiro atoms. The van der Waals surface area contributed by atoms with Crippen molar-refractivity contribution in [2.75, 3.05) is 12.4 Å². The van der Waals surface area contributed by atoms with Gasteiger partial charge in [-0.15, -0.1) is 0 Å². The van der Waals surface area contributed by atoms with Crippen LogP contribution in [-0.2, 0) is 14.3 Å². The van der Waals surface area contributed by atoms with E-state index < -0.39 is 11.9 Å². The van der Waals surface area contributed by atoms with Crippen LogP contribution in [0.25, 0.3) is 0 Å². The van der Waals surface area contributed by atoms with Crippen molar-refractivity contribution >= 4 is 29.0 Å². The topological polar surface area (TPSA) is 55.4 Å². The fraction of sp³-hybridized carbons (Fsp3) is 0.333. The first-order valence-electron chi connectivity index (χ1n) is 6.36. The van der Waals surface area contributed by atoms with Gasteiger partial charge in [0.25, 0.3) is 0 Å². The number of hydrogen-bond acceptors (Lipinski definition) is 4. The number of benzene rings is 1. The Morgan fingerprint density at radius 3 is 2.55 bits per heavy atom. The van der Waals surface area contributed by atoms with Gasteiger partial charge >= 0.3 is 5.97 Å². The zero-order valence-electron chi connectivity index (χ0n) is 11.4. The second kappa shape index (κ2) is 6.09. The van der Waals surface area contributed by atoms with Gasteiger partial charge in [0.15, 0.2) is 5.78 Å². The SMILES string of the molecule is COC(=O)[C@@H]1C(=O)C=C(Nc2ccc(Cl)cc2)CC1C. The molecular formula is C15H16ClNO3. The van der Waals surface area contributed by atoms with Crippen molar-refractivity contribution in [1.82, 2.24) is 0 Å². The molecule has 0 radical (unpaired) electrons. The highest BCUT2D eigenvalue weighted by atomic mass is 35.5. The number of ether oxygens (including phenoxy) is 1. The van der Waals surface area contributed by atoms with Crippen LogP contribution < -0.4 is 5.32 Å². The Labute approximate surface area is 122 Å². The molecule has 0 fully saturated rings. The minimum atomic E-state index is -0.698. The molecule has 1 aliphatic rings. The van der Waals surface area contributed by atoms with Crippen LogP contribution in [0.1, 0.15) is 13.3 Å². The quantitative estimate of drug-likeness (QED) is 0.687. The number of rotatable bonds is 3. The number of ketones is 1. The summed E-state index contributed by atoms with van der Waals surface area (Å²) in [6, 6.07) is 7.22. The highest BCUT2D eigenvalue weighted by molar-refractivity contribution is 6.30. The number of carbonyl (C=O) groups is 2. The number of halogens is 1. The predicted molar refractivity (Wildman–Crippen MR) is 77.5 cm³/mol. The molecule has 0 heterocycles. The molecule has 0 saturated heterocycles. The van der Waals surface area contributed by atoms with E-state index in [9.17, 15) is 9.59 Å². The van der Waals surface area contributed by atoms with Gasteiger partial charge in [-0.1, -0.05) is 18.5 Å². The maximum absolute atomic E-state index is 12.0. The molecule has 5 heteroatoms. The Hall–Kier alpha value is -1.81. The van der Waals surface area contributed by atoms with Gasteiger partial charge in [-0.3, -0.25) is 9.59 Å². The number of carbonyl (C=O) groups excluding carboxylic acids is 2. The van der Waals surface area contributed by atoms with Crippen LogP contribution in [0.5, 0.6) is 0 Å². The number of nitrogens with one attached hydrogen (secondary N) is 1. The summed E-state index contributed by atoms with van der Waals surface area (Å²) in [6.07, 6.45) is 2.10. The van der Waals surface area contributed by atoms with Crippen LogP contribution in [0.15, 0.2) is 36.0 Å². The number of allylic oxidation sites excluding steroid dienone is 2. The van der Waals surface area contributed by atoms with E-state index in [1.807, 2.05) is 19.1 Å². The first kappa shape index (κ1) is 14.6. The maximum Gasteiger partial charge on any atom is 0.316 e. The van der Waals surface area contributed by atoms with Crippen LogP contribution in [-0.4, -0.2) is 18.9 Å². The molecule has 20 heavy (non-hydrogen) atoms. The lowest BCUT2D eigenvalue weighted by Crippen LogP contribution is -2.34. The van der Waals surface area contributed by atoms with Crippen molar-refractivity contribution in [2.24, 2.45) is 11.8 Å². The van der Waals surface area contributed by atoms with Gasteiger partial charge in [0, 0.05) is 22.5 Å². The summed E-state index contributed by atoms with van der Waals surface area (Å²) in [5.74, 6) is -1.47. The lowest BCUT2D eigenvalue weighted by atomic mass is 9.82.